The molecule has 2 aromatic heterocycles. The van der Waals surface area contributed by atoms with Gasteiger partial charge in [-0.2, -0.15) is 5.10 Å². The Hall–Kier alpha value is -2.21. The number of carbonyl (C=O) groups excluding carboxylic acids is 1. The summed E-state index contributed by atoms with van der Waals surface area (Å²) in [7, 11) is 0. The van der Waals surface area contributed by atoms with Gasteiger partial charge in [-0.25, -0.2) is 9.50 Å². The summed E-state index contributed by atoms with van der Waals surface area (Å²) in [5, 5.41) is 7.23. The quantitative estimate of drug-likeness (QED) is 0.800. The first-order chi connectivity index (χ1) is 10.9. The number of nitrogens with zero attached hydrogens (tertiary/aromatic N) is 3. The van der Waals surface area contributed by atoms with Gasteiger partial charge >= 0.3 is 0 Å². The van der Waals surface area contributed by atoms with Crippen LogP contribution in [0, 0.1) is 27.7 Å². The van der Waals surface area contributed by atoms with Gasteiger partial charge in [0.1, 0.15) is 5.51 Å². The Balaban J connectivity index is 1.88. The highest BCUT2D eigenvalue weighted by Crippen LogP contribution is 2.23. The first kappa shape index (κ1) is 15.7. The maximum Gasteiger partial charge on any atom is 0.252 e. The molecular formula is C17H20N4OS. The van der Waals surface area contributed by atoms with E-state index in [1.165, 1.54) is 11.3 Å². The third-order valence-corrected chi connectivity index (χ3v) is 5.08. The minimum absolute atomic E-state index is 0.0522. The predicted octanol–water partition coefficient (Wildman–Crippen LogP) is 3.52. The van der Waals surface area contributed by atoms with E-state index < -0.39 is 0 Å². The average molecular weight is 328 g/mol. The predicted molar refractivity (Wildman–Crippen MR) is 92.1 cm³/mol. The molecule has 0 radical (unpaired) electrons. The minimum Gasteiger partial charge on any atom is -0.344 e. The fourth-order valence-corrected chi connectivity index (χ4v) is 3.37. The van der Waals surface area contributed by atoms with Crippen molar-refractivity contribution in [2.45, 2.75) is 40.7 Å². The van der Waals surface area contributed by atoms with Crippen molar-refractivity contribution in [1.82, 2.24) is 19.9 Å². The Morgan fingerprint density at radius 2 is 1.87 bits per heavy atom. The molecule has 0 saturated carbocycles. The maximum absolute atomic E-state index is 12.8. The molecule has 3 aromatic rings. The number of amides is 1. The zero-order valence-electron chi connectivity index (χ0n) is 14.0. The molecule has 0 spiro atoms. The molecule has 1 amide bonds. The van der Waals surface area contributed by atoms with E-state index in [1.54, 1.807) is 10.0 Å². The summed E-state index contributed by atoms with van der Waals surface area (Å²) in [6, 6.07) is 1.95. The number of benzene rings is 1. The zero-order valence-corrected chi connectivity index (χ0v) is 14.8. The number of imidazole rings is 1. The molecule has 0 aliphatic carbocycles. The van der Waals surface area contributed by atoms with Crippen molar-refractivity contribution in [3.05, 3.63) is 51.3 Å². The fourth-order valence-electron chi connectivity index (χ4n) is 2.76. The molecule has 1 aromatic carbocycles. The molecule has 1 atom stereocenters. The number of carbonyl (C=O) groups is 1. The molecule has 0 fully saturated rings. The SMILES string of the molecule is Cc1cc(C)c(C)c(C(=O)NC(C)c2cn3ncsc3n2)c1C. The third kappa shape index (κ3) is 2.74. The van der Waals surface area contributed by atoms with Crippen LogP contribution < -0.4 is 5.32 Å². The monoisotopic (exact) mass is 328 g/mol. The van der Waals surface area contributed by atoms with Gasteiger partial charge in [0.25, 0.3) is 5.91 Å². The maximum atomic E-state index is 12.8. The molecule has 23 heavy (non-hydrogen) atoms. The van der Waals surface area contributed by atoms with Crippen LogP contribution in [0.15, 0.2) is 17.8 Å². The summed E-state index contributed by atoms with van der Waals surface area (Å²) < 4.78 is 1.73. The molecule has 1 unspecified atom stereocenters. The van der Waals surface area contributed by atoms with Gasteiger partial charge in [0.2, 0.25) is 4.96 Å². The first-order valence-corrected chi connectivity index (χ1v) is 8.43. The lowest BCUT2D eigenvalue weighted by Gasteiger charge is -2.17. The standard InChI is InChI=1S/C17H20N4OS/c1-9-6-10(2)12(4)15(11(9)3)16(22)19-13(5)14-7-21-17(20-14)23-8-18-21/h6-8,13H,1-5H3,(H,19,22). The Kier molecular flexibility index (Phi) is 3.93. The van der Waals surface area contributed by atoms with E-state index in [4.69, 9.17) is 0 Å². The Bertz CT molecular complexity index is 839. The fraction of sp³-hybridized carbons (Fsp3) is 0.353. The molecule has 6 heteroatoms. The van der Waals surface area contributed by atoms with Crippen molar-refractivity contribution in [3.8, 4) is 0 Å². The number of aromatic nitrogens is 3. The van der Waals surface area contributed by atoms with Crippen LogP contribution in [0.3, 0.4) is 0 Å². The smallest absolute Gasteiger partial charge is 0.252 e. The second-order valence-electron chi connectivity index (χ2n) is 5.96. The summed E-state index contributed by atoms with van der Waals surface area (Å²) in [4.78, 5) is 18.1. The van der Waals surface area contributed by atoms with Crippen LogP contribution in [0.1, 0.15) is 51.3 Å². The van der Waals surface area contributed by atoms with E-state index in [-0.39, 0.29) is 11.9 Å². The van der Waals surface area contributed by atoms with Crippen molar-refractivity contribution in [2.75, 3.05) is 0 Å². The van der Waals surface area contributed by atoms with Crippen molar-refractivity contribution >= 4 is 22.2 Å². The number of fused-ring (bicyclic) bond motifs is 1. The van der Waals surface area contributed by atoms with Crippen molar-refractivity contribution in [1.29, 1.82) is 0 Å². The molecule has 1 N–H and O–H groups in total. The van der Waals surface area contributed by atoms with Gasteiger partial charge < -0.3 is 5.32 Å². The van der Waals surface area contributed by atoms with Crippen LogP contribution in [0.4, 0.5) is 0 Å². The van der Waals surface area contributed by atoms with Crippen LogP contribution >= 0.6 is 11.3 Å². The summed E-state index contributed by atoms with van der Waals surface area (Å²) in [5.41, 5.74) is 7.68. The molecule has 0 saturated heterocycles. The van der Waals surface area contributed by atoms with Gasteiger partial charge in [-0.3, -0.25) is 4.79 Å². The van der Waals surface area contributed by atoms with E-state index in [0.29, 0.717) is 0 Å². The van der Waals surface area contributed by atoms with Crippen molar-refractivity contribution in [3.63, 3.8) is 0 Å². The normalized spacial score (nSPS) is 12.6. The highest BCUT2D eigenvalue weighted by molar-refractivity contribution is 7.14. The highest BCUT2D eigenvalue weighted by atomic mass is 32.1. The lowest BCUT2D eigenvalue weighted by atomic mass is 9.93. The van der Waals surface area contributed by atoms with Gasteiger partial charge in [0.05, 0.1) is 17.9 Å². The Labute approximate surface area is 139 Å². The van der Waals surface area contributed by atoms with Gasteiger partial charge in [-0.15, -0.1) is 0 Å². The first-order valence-electron chi connectivity index (χ1n) is 7.55. The van der Waals surface area contributed by atoms with Gasteiger partial charge in [-0.05, 0) is 56.9 Å². The highest BCUT2D eigenvalue weighted by Gasteiger charge is 2.19. The molecule has 2 heterocycles. The molecular weight excluding hydrogens is 308 g/mol. The van der Waals surface area contributed by atoms with Gasteiger partial charge in [0, 0.05) is 5.56 Å². The van der Waals surface area contributed by atoms with E-state index in [0.717, 1.165) is 38.5 Å². The topological polar surface area (TPSA) is 59.3 Å². The number of hydrogen-bond acceptors (Lipinski definition) is 4. The minimum atomic E-state index is -0.170. The second-order valence-corrected chi connectivity index (χ2v) is 6.77. The second kappa shape index (κ2) is 5.77. The van der Waals surface area contributed by atoms with Crippen molar-refractivity contribution in [2.24, 2.45) is 0 Å². The van der Waals surface area contributed by atoms with Crippen LogP contribution in [0.5, 0.6) is 0 Å². The molecule has 120 valence electrons. The molecule has 3 rings (SSSR count). The number of aryl methyl sites for hydroxylation is 2. The average Bonchev–Trinajstić information content (AvgIpc) is 3.06. The van der Waals surface area contributed by atoms with Crippen LogP contribution in [0.2, 0.25) is 0 Å². The van der Waals surface area contributed by atoms with E-state index in [9.17, 15) is 4.79 Å². The summed E-state index contributed by atoms with van der Waals surface area (Å²) in [6.45, 7) is 10.0. The van der Waals surface area contributed by atoms with E-state index >= 15 is 0 Å². The third-order valence-electron chi connectivity index (χ3n) is 4.39. The lowest BCUT2D eigenvalue weighted by Crippen LogP contribution is -2.28. The Morgan fingerprint density at radius 1 is 1.22 bits per heavy atom. The van der Waals surface area contributed by atoms with E-state index in [1.807, 2.05) is 40.8 Å². The summed E-state index contributed by atoms with van der Waals surface area (Å²) in [5.74, 6) is -0.0522. The van der Waals surface area contributed by atoms with Crippen LogP contribution in [-0.2, 0) is 0 Å². The number of nitrogens with one attached hydrogen (secondary N) is 1. The van der Waals surface area contributed by atoms with Crippen LogP contribution in [-0.4, -0.2) is 20.5 Å². The van der Waals surface area contributed by atoms with Crippen LogP contribution in [0.25, 0.3) is 4.96 Å². The zero-order chi connectivity index (χ0) is 16.7. The number of hydrogen-bond donors (Lipinski definition) is 1. The van der Waals surface area contributed by atoms with Crippen molar-refractivity contribution < 1.29 is 4.79 Å². The number of rotatable bonds is 3. The molecule has 5 nitrogen and oxygen atoms in total. The molecule has 0 bridgehead atoms. The van der Waals surface area contributed by atoms with Gasteiger partial charge in [0.15, 0.2) is 0 Å². The lowest BCUT2D eigenvalue weighted by molar-refractivity contribution is 0.0937. The Morgan fingerprint density at radius 3 is 2.48 bits per heavy atom. The summed E-state index contributed by atoms with van der Waals surface area (Å²) >= 11 is 1.48. The van der Waals surface area contributed by atoms with Gasteiger partial charge in [-0.1, -0.05) is 17.4 Å². The molecule has 0 aliphatic rings. The summed E-state index contributed by atoms with van der Waals surface area (Å²) in [6.07, 6.45) is 1.86. The largest absolute Gasteiger partial charge is 0.344 e. The molecule has 0 aliphatic heterocycles. The van der Waals surface area contributed by atoms with E-state index in [2.05, 4.69) is 21.5 Å².